The van der Waals surface area contributed by atoms with Gasteiger partial charge in [0.05, 0.1) is 0 Å². The minimum atomic E-state index is -4.37. The van der Waals surface area contributed by atoms with Crippen LogP contribution in [0.1, 0.15) is 36.3 Å². The van der Waals surface area contributed by atoms with Gasteiger partial charge in [-0.15, -0.1) is 0 Å². The van der Waals surface area contributed by atoms with Crippen LogP contribution < -0.4 is 10.2 Å². The Morgan fingerprint density at radius 2 is 2.00 bits per heavy atom. The number of aryl methyl sites for hydroxylation is 1. The van der Waals surface area contributed by atoms with E-state index in [0.717, 1.165) is 43.6 Å². The van der Waals surface area contributed by atoms with E-state index in [9.17, 15) is 13.2 Å². The number of halogens is 3. The highest BCUT2D eigenvalue weighted by atomic mass is 19.4. The predicted molar refractivity (Wildman–Crippen MR) is 96.4 cm³/mol. The topological polar surface area (TPSA) is 46.0 Å². The number of rotatable bonds is 5. The molecule has 0 aliphatic carbocycles. The smallest absolute Gasteiger partial charge is 0.357 e. The van der Waals surface area contributed by atoms with Gasteiger partial charge in [0.1, 0.15) is 11.6 Å². The third-order valence-corrected chi connectivity index (χ3v) is 5.38. The van der Waals surface area contributed by atoms with Crippen molar-refractivity contribution in [2.45, 2.75) is 44.9 Å². The molecule has 0 amide bonds. The number of hydrogen-bond donors (Lipinski definition) is 1. The third-order valence-electron chi connectivity index (χ3n) is 5.38. The maximum Gasteiger partial charge on any atom is 0.434 e. The van der Waals surface area contributed by atoms with Gasteiger partial charge in [0.15, 0.2) is 5.69 Å². The molecule has 2 aromatic rings. The zero-order valence-electron chi connectivity index (χ0n) is 15.2. The normalized spacial score (nSPS) is 20.1. The maximum absolute atomic E-state index is 12.8. The van der Waals surface area contributed by atoms with Crippen molar-refractivity contribution in [1.82, 2.24) is 19.9 Å². The van der Waals surface area contributed by atoms with Gasteiger partial charge in [0.2, 0.25) is 0 Å². The molecule has 0 aromatic carbocycles. The molecule has 0 radical (unpaired) electrons. The summed E-state index contributed by atoms with van der Waals surface area (Å²) < 4.78 is 40.0. The van der Waals surface area contributed by atoms with Crippen LogP contribution in [0.3, 0.4) is 0 Å². The van der Waals surface area contributed by atoms with E-state index in [1.807, 2.05) is 6.20 Å². The first-order chi connectivity index (χ1) is 13.0. The molecule has 4 rings (SSSR count). The van der Waals surface area contributed by atoms with E-state index in [4.69, 9.17) is 0 Å². The minimum absolute atomic E-state index is 0.310. The average Bonchev–Trinajstić information content (AvgIpc) is 3.31. The van der Waals surface area contributed by atoms with Crippen LogP contribution in [0, 0.1) is 5.92 Å². The summed E-state index contributed by atoms with van der Waals surface area (Å²) in [6, 6.07) is 4.16. The monoisotopic (exact) mass is 379 g/mol. The van der Waals surface area contributed by atoms with E-state index in [2.05, 4.69) is 32.3 Å². The standard InChI is InChI=1S/C19H24F3N5/c20-19(21,22)16-13-27-12-15(4-6-18(27)25-16)10-23-9-14-3-5-17(24-11-14)26-7-1-2-8-26/h3,5,11,13,15,23H,1-2,4,6-10,12H2. The zero-order chi connectivity index (χ0) is 18.9. The van der Waals surface area contributed by atoms with Crippen molar-refractivity contribution in [3.63, 3.8) is 0 Å². The summed E-state index contributed by atoms with van der Waals surface area (Å²) in [5.41, 5.74) is 0.340. The lowest BCUT2D eigenvalue weighted by atomic mass is 9.99. The van der Waals surface area contributed by atoms with Crippen molar-refractivity contribution < 1.29 is 13.2 Å². The molecule has 0 bridgehead atoms. The van der Waals surface area contributed by atoms with Crippen LogP contribution in [0.2, 0.25) is 0 Å². The Bertz CT molecular complexity index is 763. The fourth-order valence-corrected chi connectivity index (χ4v) is 3.89. The largest absolute Gasteiger partial charge is 0.434 e. The Morgan fingerprint density at radius 3 is 2.70 bits per heavy atom. The van der Waals surface area contributed by atoms with Crippen LogP contribution in [0.4, 0.5) is 19.0 Å². The van der Waals surface area contributed by atoms with Crippen molar-refractivity contribution >= 4 is 5.82 Å². The lowest BCUT2D eigenvalue weighted by Crippen LogP contribution is -2.29. The molecule has 8 heteroatoms. The number of aromatic nitrogens is 3. The van der Waals surface area contributed by atoms with Crippen LogP contribution in [-0.2, 0) is 25.7 Å². The van der Waals surface area contributed by atoms with Crippen molar-refractivity contribution in [2.75, 3.05) is 24.5 Å². The first-order valence-corrected chi connectivity index (χ1v) is 9.53. The zero-order valence-corrected chi connectivity index (χ0v) is 15.2. The van der Waals surface area contributed by atoms with Gasteiger partial charge in [0, 0.05) is 45.0 Å². The molecule has 5 nitrogen and oxygen atoms in total. The molecule has 4 heterocycles. The Labute approximate surface area is 156 Å². The average molecular weight is 379 g/mol. The Kier molecular flexibility index (Phi) is 5.08. The number of alkyl halides is 3. The number of pyridine rings is 1. The fraction of sp³-hybridized carbons (Fsp3) is 0.579. The SMILES string of the molecule is FC(F)(F)c1cn2c(n1)CCC(CNCc1ccc(N3CCCC3)nc1)C2. The first kappa shape index (κ1) is 18.3. The predicted octanol–water partition coefficient (Wildman–Crippen LogP) is 3.25. The van der Waals surface area contributed by atoms with Crippen LogP contribution in [-0.4, -0.2) is 34.2 Å². The van der Waals surface area contributed by atoms with Crippen LogP contribution in [0.5, 0.6) is 0 Å². The molecular formula is C19H24F3N5. The number of hydrogen-bond acceptors (Lipinski definition) is 4. The Morgan fingerprint density at radius 1 is 1.19 bits per heavy atom. The molecule has 2 aliphatic rings. The number of fused-ring (bicyclic) bond motifs is 1. The number of imidazole rings is 1. The molecule has 1 fully saturated rings. The second-order valence-electron chi connectivity index (χ2n) is 7.45. The van der Waals surface area contributed by atoms with Gasteiger partial charge < -0.3 is 14.8 Å². The van der Waals surface area contributed by atoms with E-state index in [0.29, 0.717) is 31.3 Å². The highest BCUT2D eigenvalue weighted by Gasteiger charge is 2.35. The molecule has 0 spiro atoms. The van der Waals surface area contributed by atoms with Gasteiger partial charge in [-0.25, -0.2) is 9.97 Å². The number of anilines is 1. The third kappa shape index (κ3) is 4.26. The molecule has 27 heavy (non-hydrogen) atoms. The van der Waals surface area contributed by atoms with Crippen LogP contribution in [0.25, 0.3) is 0 Å². The van der Waals surface area contributed by atoms with Gasteiger partial charge in [-0.2, -0.15) is 13.2 Å². The van der Waals surface area contributed by atoms with E-state index in [1.54, 1.807) is 4.57 Å². The van der Waals surface area contributed by atoms with Gasteiger partial charge in [-0.3, -0.25) is 0 Å². The molecule has 2 aliphatic heterocycles. The second-order valence-corrected chi connectivity index (χ2v) is 7.45. The molecule has 146 valence electrons. The Hall–Kier alpha value is -2.09. The minimum Gasteiger partial charge on any atom is -0.357 e. The van der Waals surface area contributed by atoms with E-state index < -0.39 is 11.9 Å². The summed E-state index contributed by atoms with van der Waals surface area (Å²) in [6.45, 7) is 4.23. The molecule has 1 saturated heterocycles. The Balaban J connectivity index is 1.27. The maximum atomic E-state index is 12.8. The quantitative estimate of drug-likeness (QED) is 0.866. The fourth-order valence-electron chi connectivity index (χ4n) is 3.89. The van der Waals surface area contributed by atoms with Gasteiger partial charge in [0.25, 0.3) is 0 Å². The van der Waals surface area contributed by atoms with E-state index in [1.165, 1.54) is 12.8 Å². The lowest BCUT2D eigenvalue weighted by Gasteiger charge is -2.24. The summed E-state index contributed by atoms with van der Waals surface area (Å²) in [6.07, 6.45) is 2.59. The van der Waals surface area contributed by atoms with Crippen molar-refractivity contribution in [2.24, 2.45) is 5.92 Å². The van der Waals surface area contributed by atoms with Gasteiger partial charge >= 0.3 is 6.18 Å². The summed E-state index contributed by atoms with van der Waals surface area (Å²) in [7, 11) is 0. The van der Waals surface area contributed by atoms with E-state index in [-0.39, 0.29) is 0 Å². The van der Waals surface area contributed by atoms with Gasteiger partial charge in [-0.1, -0.05) is 6.07 Å². The molecule has 0 saturated carbocycles. The molecule has 2 aromatic heterocycles. The summed E-state index contributed by atoms with van der Waals surface area (Å²) >= 11 is 0. The molecule has 1 N–H and O–H groups in total. The van der Waals surface area contributed by atoms with Gasteiger partial charge in [-0.05, 0) is 43.4 Å². The highest BCUT2D eigenvalue weighted by molar-refractivity contribution is 5.40. The summed E-state index contributed by atoms with van der Waals surface area (Å²) in [5, 5.41) is 3.42. The lowest BCUT2D eigenvalue weighted by molar-refractivity contribution is -0.141. The van der Waals surface area contributed by atoms with Crippen molar-refractivity contribution in [1.29, 1.82) is 0 Å². The number of nitrogens with one attached hydrogen (secondary N) is 1. The number of nitrogens with zero attached hydrogens (tertiary/aromatic N) is 4. The van der Waals surface area contributed by atoms with Crippen LogP contribution >= 0.6 is 0 Å². The molecule has 1 atom stereocenters. The van der Waals surface area contributed by atoms with Crippen molar-refractivity contribution in [3.05, 3.63) is 41.6 Å². The molecule has 1 unspecified atom stereocenters. The highest BCUT2D eigenvalue weighted by Crippen LogP contribution is 2.30. The molecular weight excluding hydrogens is 355 g/mol. The van der Waals surface area contributed by atoms with E-state index >= 15 is 0 Å². The second kappa shape index (κ2) is 7.50. The summed E-state index contributed by atoms with van der Waals surface area (Å²) in [4.78, 5) is 10.6. The van der Waals surface area contributed by atoms with Crippen LogP contribution in [0.15, 0.2) is 24.5 Å². The van der Waals surface area contributed by atoms with Crippen molar-refractivity contribution in [3.8, 4) is 0 Å². The summed E-state index contributed by atoms with van der Waals surface area (Å²) in [5.74, 6) is 1.89. The first-order valence-electron chi connectivity index (χ1n) is 9.53.